The Bertz CT molecular complexity index is 463. The molecule has 0 saturated heterocycles. The highest BCUT2D eigenvalue weighted by Gasteiger charge is 2.08. The van der Waals surface area contributed by atoms with Gasteiger partial charge in [0, 0.05) is 18.9 Å². The van der Waals surface area contributed by atoms with Gasteiger partial charge in [0.2, 0.25) is 0 Å². The molecule has 0 aromatic carbocycles. The minimum absolute atomic E-state index is 0.360. The van der Waals surface area contributed by atoms with Crippen LogP contribution in [0, 0.1) is 0 Å². The van der Waals surface area contributed by atoms with Crippen LogP contribution in [0.5, 0.6) is 0 Å². The van der Waals surface area contributed by atoms with Gasteiger partial charge in [0.25, 0.3) is 5.91 Å². The molecule has 0 saturated carbocycles. The molecule has 0 bridgehead atoms. The second kappa shape index (κ2) is 8.59. The normalized spacial score (nSPS) is 9.80. The summed E-state index contributed by atoms with van der Waals surface area (Å²) in [6.07, 6.45) is 3.91. The molecule has 0 aliphatic heterocycles. The van der Waals surface area contributed by atoms with Gasteiger partial charge in [0.15, 0.2) is 0 Å². The zero-order chi connectivity index (χ0) is 14.8. The molecule has 0 radical (unpaired) electrons. The predicted octanol–water partition coefficient (Wildman–Crippen LogP) is -0.449. The van der Waals surface area contributed by atoms with E-state index in [1.807, 2.05) is 17.4 Å². The van der Waals surface area contributed by atoms with Crippen LogP contribution >= 0.6 is 0 Å². The summed E-state index contributed by atoms with van der Waals surface area (Å²) in [7, 11) is 0. The average Bonchev–Trinajstić information content (AvgIpc) is 2.39. The van der Waals surface area contributed by atoms with Gasteiger partial charge in [-0.25, -0.2) is 9.59 Å². The number of amides is 3. The zero-order valence-electron chi connectivity index (χ0n) is 10.7. The SMILES string of the molecule is O=C(O)COCC(=O)NC(=O)NCCc1ccncc1. The summed E-state index contributed by atoms with van der Waals surface area (Å²) in [5, 5.41) is 12.8. The van der Waals surface area contributed by atoms with Crippen LogP contribution in [0.4, 0.5) is 4.79 Å². The van der Waals surface area contributed by atoms with Gasteiger partial charge in [-0.1, -0.05) is 0 Å². The molecular formula is C12H15N3O5. The Morgan fingerprint density at radius 2 is 1.90 bits per heavy atom. The topological polar surface area (TPSA) is 118 Å². The summed E-state index contributed by atoms with van der Waals surface area (Å²) in [4.78, 5) is 36.5. The molecule has 3 amide bonds. The number of urea groups is 1. The highest BCUT2D eigenvalue weighted by molar-refractivity contribution is 5.94. The maximum Gasteiger partial charge on any atom is 0.329 e. The molecule has 1 heterocycles. The average molecular weight is 281 g/mol. The molecule has 0 fully saturated rings. The van der Waals surface area contributed by atoms with Crippen LogP contribution < -0.4 is 10.6 Å². The summed E-state index contributed by atoms with van der Waals surface area (Å²) in [6.45, 7) is -0.708. The third kappa shape index (κ3) is 7.07. The number of hydrogen-bond acceptors (Lipinski definition) is 5. The highest BCUT2D eigenvalue weighted by Crippen LogP contribution is 1.95. The highest BCUT2D eigenvalue weighted by atomic mass is 16.5. The lowest BCUT2D eigenvalue weighted by molar-refractivity contribution is -0.143. The summed E-state index contributed by atoms with van der Waals surface area (Å²) in [5.41, 5.74) is 1.01. The first-order valence-electron chi connectivity index (χ1n) is 5.84. The van der Waals surface area contributed by atoms with Crippen molar-refractivity contribution in [3.05, 3.63) is 30.1 Å². The van der Waals surface area contributed by atoms with Crippen molar-refractivity contribution < 1.29 is 24.2 Å². The van der Waals surface area contributed by atoms with E-state index >= 15 is 0 Å². The number of hydrogen-bond donors (Lipinski definition) is 3. The number of pyridine rings is 1. The van der Waals surface area contributed by atoms with E-state index in [2.05, 4.69) is 15.0 Å². The Morgan fingerprint density at radius 1 is 1.20 bits per heavy atom. The van der Waals surface area contributed by atoms with Crippen molar-refractivity contribution in [2.24, 2.45) is 0 Å². The van der Waals surface area contributed by atoms with Gasteiger partial charge < -0.3 is 15.2 Å². The Balaban J connectivity index is 2.13. The molecule has 108 valence electrons. The number of ether oxygens (including phenoxy) is 1. The first-order valence-corrected chi connectivity index (χ1v) is 5.84. The maximum absolute atomic E-state index is 11.3. The lowest BCUT2D eigenvalue weighted by Crippen LogP contribution is -2.42. The molecule has 3 N–H and O–H groups in total. The van der Waals surface area contributed by atoms with Gasteiger partial charge >= 0.3 is 12.0 Å². The van der Waals surface area contributed by atoms with E-state index in [1.165, 1.54) is 0 Å². The van der Waals surface area contributed by atoms with Crippen molar-refractivity contribution in [1.29, 1.82) is 0 Å². The fourth-order valence-corrected chi connectivity index (χ4v) is 1.31. The second-order valence-electron chi connectivity index (χ2n) is 3.80. The Kier molecular flexibility index (Phi) is 6.69. The standard InChI is InChI=1S/C12H15N3O5/c16-10(7-20-8-11(17)18)15-12(19)14-6-3-9-1-4-13-5-2-9/h1-2,4-5H,3,6-8H2,(H,17,18)(H2,14,15,16,19). The summed E-state index contributed by atoms with van der Waals surface area (Å²) < 4.78 is 4.53. The number of rotatable bonds is 7. The number of nitrogens with one attached hydrogen (secondary N) is 2. The van der Waals surface area contributed by atoms with Crippen LogP contribution in [0.2, 0.25) is 0 Å². The quantitative estimate of drug-likeness (QED) is 0.623. The molecule has 0 atom stereocenters. The monoisotopic (exact) mass is 281 g/mol. The van der Waals surface area contributed by atoms with E-state index in [-0.39, 0.29) is 0 Å². The molecule has 0 aliphatic rings. The van der Waals surface area contributed by atoms with Gasteiger partial charge in [-0.2, -0.15) is 0 Å². The number of imide groups is 1. The van der Waals surface area contributed by atoms with Crippen molar-refractivity contribution in [1.82, 2.24) is 15.6 Å². The molecule has 0 unspecified atom stereocenters. The molecule has 0 aliphatic carbocycles. The number of aliphatic carboxylic acids is 1. The van der Waals surface area contributed by atoms with E-state index in [9.17, 15) is 14.4 Å². The number of carbonyl (C=O) groups is 3. The number of carboxylic acids is 1. The largest absolute Gasteiger partial charge is 0.480 e. The van der Waals surface area contributed by atoms with Gasteiger partial charge in [-0.3, -0.25) is 15.1 Å². The van der Waals surface area contributed by atoms with E-state index in [0.717, 1.165) is 5.56 Å². The number of aromatic nitrogens is 1. The molecule has 8 nitrogen and oxygen atoms in total. The molecular weight excluding hydrogens is 266 g/mol. The molecule has 8 heteroatoms. The predicted molar refractivity (Wildman–Crippen MR) is 67.9 cm³/mol. The Morgan fingerprint density at radius 3 is 2.55 bits per heavy atom. The smallest absolute Gasteiger partial charge is 0.329 e. The van der Waals surface area contributed by atoms with Gasteiger partial charge in [0.1, 0.15) is 13.2 Å². The maximum atomic E-state index is 11.3. The van der Waals surface area contributed by atoms with E-state index in [0.29, 0.717) is 13.0 Å². The van der Waals surface area contributed by atoms with Crippen molar-refractivity contribution in [3.63, 3.8) is 0 Å². The number of carboxylic acid groups (broad SMARTS) is 1. The summed E-state index contributed by atoms with van der Waals surface area (Å²) in [6, 6.07) is 3.00. The first-order chi connectivity index (χ1) is 9.58. The first kappa shape index (κ1) is 15.6. The minimum Gasteiger partial charge on any atom is -0.480 e. The zero-order valence-corrected chi connectivity index (χ0v) is 10.7. The lowest BCUT2D eigenvalue weighted by Gasteiger charge is -2.06. The van der Waals surface area contributed by atoms with Crippen LogP contribution in [0.1, 0.15) is 5.56 Å². The van der Waals surface area contributed by atoms with Crippen LogP contribution in [0.15, 0.2) is 24.5 Å². The van der Waals surface area contributed by atoms with E-state index < -0.39 is 31.1 Å². The third-order valence-electron chi connectivity index (χ3n) is 2.16. The fourth-order valence-electron chi connectivity index (χ4n) is 1.31. The van der Waals surface area contributed by atoms with Crippen molar-refractivity contribution in [2.45, 2.75) is 6.42 Å². The third-order valence-corrected chi connectivity index (χ3v) is 2.16. The van der Waals surface area contributed by atoms with Gasteiger partial charge in [0.05, 0.1) is 0 Å². The summed E-state index contributed by atoms with van der Waals surface area (Å²) in [5.74, 6) is -1.88. The summed E-state index contributed by atoms with van der Waals surface area (Å²) >= 11 is 0. The van der Waals surface area contributed by atoms with Crippen molar-refractivity contribution >= 4 is 17.9 Å². The van der Waals surface area contributed by atoms with Crippen LogP contribution in [-0.4, -0.2) is 47.8 Å². The molecule has 0 spiro atoms. The fraction of sp³-hybridized carbons (Fsp3) is 0.333. The molecule has 1 aromatic rings. The van der Waals surface area contributed by atoms with E-state index in [4.69, 9.17) is 5.11 Å². The van der Waals surface area contributed by atoms with Crippen molar-refractivity contribution in [2.75, 3.05) is 19.8 Å². The van der Waals surface area contributed by atoms with Crippen LogP contribution in [0.3, 0.4) is 0 Å². The van der Waals surface area contributed by atoms with Gasteiger partial charge in [-0.05, 0) is 24.1 Å². The Hall–Kier alpha value is -2.48. The lowest BCUT2D eigenvalue weighted by atomic mass is 10.2. The molecule has 1 aromatic heterocycles. The van der Waals surface area contributed by atoms with Crippen LogP contribution in [-0.2, 0) is 20.7 Å². The molecule has 1 rings (SSSR count). The van der Waals surface area contributed by atoms with Crippen molar-refractivity contribution in [3.8, 4) is 0 Å². The van der Waals surface area contributed by atoms with Gasteiger partial charge in [-0.15, -0.1) is 0 Å². The minimum atomic E-state index is -1.18. The molecule has 20 heavy (non-hydrogen) atoms. The second-order valence-corrected chi connectivity index (χ2v) is 3.80. The number of nitrogens with zero attached hydrogens (tertiary/aromatic N) is 1. The van der Waals surface area contributed by atoms with E-state index in [1.54, 1.807) is 12.4 Å². The number of carbonyl (C=O) groups excluding carboxylic acids is 2. The van der Waals surface area contributed by atoms with Crippen LogP contribution in [0.25, 0.3) is 0 Å². The Labute approximate surface area is 115 Å².